The first kappa shape index (κ1) is 31.0. The predicted octanol–water partition coefficient (Wildman–Crippen LogP) is 5.70. The highest BCUT2D eigenvalue weighted by Crippen LogP contribution is 2.29. The van der Waals surface area contributed by atoms with Crippen molar-refractivity contribution in [2.75, 3.05) is 6.61 Å². The van der Waals surface area contributed by atoms with Gasteiger partial charge in [0.25, 0.3) is 0 Å². The number of ether oxygens (including phenoxy) is 5. The maximum absolute atomic E-state index is 12.0. The topological polar surface area (TPSA) is 114 Å². The average Bonchev–Trinajstić information content (AvgIpc) is 2.86. The zero-order valence-electron chi connectivity index (χ0n) is 22.8. The molecule has 9 nitrogen and oxygen atoms in total. The molecule has 9 heteroatoms. The molecular weight excluding hydrogens is 516 g/mol. The molecule has 0 aliphatic heterocycles. The van der Waals surface area contributed by atoms with E-state index >= 15 is 0 Å². The van der Waals surface area contributed by atoms with Gasteiger partial charge in [-0.25, -0.2) is 19.2 Å². The smallest absolute Gasteiger partial charge is 0.338 e. The van der Waals surface area contributed by atoms with Gasteiger partial charge in [-0.3, -0.25) is 0 Å². The molecule has 0 spiro atoms. The van der Waals surface area contributed by atoms with E-state index in [-0.39, 0.29) is 57.6 Å². The lowest BCUT2D eigenvalue weighted by Crippen LogP contribution is -2.11. The molecule has 208 valence electrons. The molecule has 0 radical (unpaired) electrons. The number of hydrogen-bond donors (Lipinski definition) is 0. The van der Waals surface area contributed by atoms with E-state index in [0.29, 0.717) is 5.56 Å². The van der Waals surface area contributed by atoms with Gasteiger partial charge in [0.15, 0.2) is 0 Å². The molecule has 0 unspecified atom stereocenters. The summed E-state index contributed by atoms with van der Waals surface area (Å²) in [5, 5.41) is 0. The minimum atomic E-state index is -0.662. The molecule has 0 saturated heterocycles. The SMILES string of the molecule is C=C(C)C(=O)Oc1cc(/C=C/COc2cc(OC(=O)C(=C)C)cc(OC(=O)C(=C)C)c2)cc(OC(=O)C(=C)C)c1. The van der Waals surface area contributed by atoms with Crippen LogP contribution < -0.4 is 23.7 Å². The fraction of sp³-hybridized carbons (Fsp3) is 0.161. The second kappa shape index (κ2) is 14.1. The number of hydrogen-bond acceptors (Lipinski definition) is 9. The van der Waals surface area contributed by atoms with Crippen LogP contribution in [-0.2, 0) is 19.2 Å². The molecule has 40 heavy (non-hydrogen) atoms. The summed E-state index contributed by atoms with van der Waals surface area (Å²) in [6.45, 7) is 20.2. The lowest BCUT2D eigenvalue weighted by Gasteiger charge is -2.11. The number of carbonyl (C=O) groups is 4. The minimum absolute atomic E-state index is 0.0302. The van der Waals surface area contributed by atoms with Crippen LogP contribution in [0.15, 0.2) is 91.1 Å². The molecule has 0 heterocycles. The third kappa shape index (κ3) is 9.94. The molecule has 0 bridgehead atoms. The van der Waals surface area contributed by atoms with Crippen molar-refractivity contribution in [1.82, 2.24) is 0 Å². The fourth-order valence-corrected chi connectivity index (χ4v) is 2.66. The second-order valence-electron chi connectivity index (χ2n) is 8.77. The highest BCUT2D eigenvalue weighted by atomic mass is 16.6. The first-order chi connectivity index (χ1) is 18.7. The Bertz CT molecular complexity index is 1330. The van der Waals surface area contributed by atoms with Crippen molar-refractivity contribution >= 4 is 30.0 Å². The summed E-state index contributed by atoms with van der Waals surface area (Å²) in [5.74, 6) is -1.94. The Hall–Kier alpha value is -5.18. The summed E-state index contributed by atoms with van der Waals surface area (Å²) in [7, 11) is 0. The van der Waals surface area contributed by atoms with Gasteiger partial charge in [0, 0.05) is 46.6 Å². The molecule has 0 saturated carbocycles. The van der Waals surface area contributed by atoms with E-state index in [2.05, 4.69) is 26.3 Å². The van der Waals surface area contributed by atoms with E-state index in [1.165, 1.54) is 52.0 Å². The Kier molecular flexibility index (Phi) is 10.9. The molecular formula is C31H30O9. The van der Waals surface area contributed by atoms with Gasteiger partial charge in [0.1, 0.15) is 35.4 Å². The van der Waals surface area contributed by atoms with Gasteiger partial charge in [-0.05, 0) is 51.5 Å². The van der Waals surface area contributed by atoms with Crippen LogP contribution in [0.1, 0.15) is 33.3 Å². The predicted molar refractivity (Wildman–Crippen MR) is 149 cm³/mol. The van der Waals surface area contributed by atoms with Crippen LogP contribution in [-0.4, -0.2) is 30.5 Å². The van der Waals surface area contributed by atoms with Gasteiger partial charge < -0.3 is 23.7 Å². The van der Waals surface area contributed by atoms with E-state index in [9.17, 15) is 19.2 Å². The van der Waals surface area contributed by atoms with Crippen molar-refractivity contribution in [3.8, 4) is 28.7 Å². The van der Waals surface area contributed by atoms with Crippen molar-refractivity contribution < 1.29 is 42.9 Å². The second-order valence-corrected chi connectivity index (χ2v) is 8.77. The standard InChI is InChI=1S/C31H30O9/c1-18(2)28(32)37-24-12-22(13-25(16-24)38-29(33)19(3)4)10-9-11-36-23-14-26(39-30(34)20(5)6)17-27(15-23)40-31(35)21(7)8/h9-10,12-17H,1,3,5,7,11H2,2,4,6,8H3/b10-9+. The normalized spacial score (nSPS) is 10.3. The zero-order chi connectivity index (χ0) is 30.0. The molecule has 0 N–H and O–H groups in total. The summed E-state index contributed by atoms with van der Waals surface area (Å²) in [4.78, 5) is 47.9. The van der Waals surface area contributed by atoms with Crippen molar-refractivity contribution in [1.29, 1.82) is 0 Å². The van der Waals surface area contributed by atoms with E-state index in [1.54, 1.807) is 24.3 Å². The molecule has 0 aliphatic carbocycles. The third-order valence-corrected chi connectivity index (χ3v) is 4.65. The summed E-state index contributed by atoms with van der Waals surface area (Å²) < 4.78 is 26.8. The van der Waals surface area contributed by atoms with Crippen molar-refractivity contribution in [3.63, 3.8) is 0 Å². The summed E-state index contributed by atoms with van der Waals surface area (Å²) in [5.41, 5.74) is 1.28. The Labute approximate surface area is 232 Å². The third-order valence-electron chi connectivity index (χ3n) is 4.65. The number of rotatable bonds is 12. The maximum atomic E-state index is 12.0. The van der Waals surface area contributed by atoms with Crippen molar-refractivity contribution in [2.45, 2.75) is 27.7 Å². The molecule has 0 aliphatic rings. The Morgan fingerprint density at radius 2 is 0.850 bits per heavy atom. The monoisotopic (exact) mass is 546 g/mol. The van der Waals surface area contributed by atoms with E-state index in [1.807, 2.05) is 0 Å². The van der Waals surface area contributed by atoms with Crippen LogP contribution in [0.3, 0.4) is 0 Å². The summed E-state index contributed by atoms with van der Waals surface area (Å²) in [6, 6.07) is 8.75. The first-order valence-electron chi connectivity index (χ1n) is 11.9. The minimum Gasteiger partial charge on any atom is -0.489 e. The molecule has 2 aromatic carbocycles. The van der Waals surface area contributed by atoms with Crippen LogP contribution in [0, 0.1) is 0 Å². The Balaban J connectivity index is 2.27. The Morgan fingerprint density at radius 3 is 1.18 bits per heavy atom. The van der Waals surface area contributed by atoms with E-state index < -0.39 is 23.9 Å². The Morgan fingerprint density at radius 1 is 0.550 bits per heavy atom. The van der Waals surface area contributed by atoms with Crippen LogP contribution in [0.2, 0.25) is 0 Å². The molecule has 0 atom stereocenters. The van der Waals surface area contributed by atoms with Crippen LogP contribution in [0.4, 0.5) is 0 Å². The number of esters is 4. The van der Waals surface area contributed by atoms with Crippen molar-refractivity contribution in [3.05, 3.63) is 96.6 Å². The van der Waals surface area contributed by atoms with Crippen LogP contribution in [0.25, 0.3) is 6.08 Å². The first-order valence-corrected chi connectivity index (χ1v) is 11.9. The molecule has 2 rings (SSSR count). The van der Waals surface area contributed by atoms with Crippen LogP contribution in [0.5, 0.6) is 28.7 Å². The van der Waals surface area contributed by atoms with Crippen molar-refractivity contribution in [2.24, 2.45) is 0 Å². The summed E-state index contributed by atoms with van der Waals surface area (Å²) >= 11 is 0. The molecule has 2 aromatic rings. The largest absolute Gasteiger partial charge is 0.489 e. The quantitative estimate of drug-likeness (QED) is 0.188. The van der Waals surface area contributed by atoms with Gasteiger partial charge in [-0.15, -0.1) is 0 Å². The van der Waals surface area contributed by atoms with Gasteiger partial charge in [0.2, 0.25) is 0 Å². The van der Waals surface area contributed by atoms with E-state index in [0.717, 1.165) is 0 Å². The fourth-order valence-electron chi connectivity index (χ4n) is 2.66. The maximum Gasteiger partial charge on any atom is 0.338 e. The lowest BCUT2D eigenvalue weighted by atomic mass is 10.2. The molecule has 0 aromatic heterocycles. The van der Waals surface area contributed by atoms with E-state index in [4.69, 9.17) is 23.7 Å². The number of benzene rings is 2. The number of carbonyl (C=O) groups excluding carboxylic acids is 4. The van der Waals surface area contributed by atoms with Gasteiger partial charge >= 0.3 is 23.9 Å². The molecule has 0 fully saturated rings. The zero-order valence-corrected chi connectivity index (χ0v) is 22.8. The highest BCUT2D eigenvalue weighted by molar-refractivity contribution is 5.91. The highest BCUT2D eigenvalue weighted by Gasteiger charge is 2.13. The average molecular weight is 547 g/mol. The van der Waals surface area contributed by atoms with Crippen LogP contribution >= 0.6 is 0 Å². The van der Waals surface area contributed by atoms with Gasteiger partial charge in [-0.1, -0.05) is 32.4 Å². The summed E-state index contributed by atoms with van der Waals surface area (Å²) in [6.07, 6.45) is 3.28. The van der Waals surface area contributed by atoms with Gasteiger partial charge in [0.05, 0.1) is 0 Å². The van der Waals surface area contributed by atoms with Gasteiger partial charge in [-0.2, -0.15) is 0 Å². The lowest BCUT2D eigenvalue weighted by molar-refractivity contribution is -0.131. The molecule has 0 amide bonds.